The predicted molar refractivity (Wildman–Crippen MR) is 353 cm³/mol. The van der Waals surface area contributed by atoms with Gasteiger partial charge in [0.15, 0.2) is 6.10 Å². The highest BCUT2D eigenvalue weighted by Crippen LogP contribution is 2.16. The monoisotopic (exact) mass is 1120 g/mol. The summed E-state index contributed by atoms with van der Waals surface area (Å²) in [6.45, 7) is 6.51. The summed E-state index contributed by atoms with van der Waals surface area (Å²) < 4.78 is 16.9. The second-order valence-electron chi connectivity index (χ2n) is 22.7. The van der Waals surface area contributed by atoms with E-state index in [0.29, 0.717) is 19.3 Å². The van der Waals surface area contributed by atoms with Crippen molar-refractivity contribution in [1.82, 2.24) is 0 Å². The van der Waals surface area contributed by atoms with Crippen LogP contribution in [0.3, 0.4) is 0 Å². The molecule has 0 radical (unpaired) electrons. The fourth-order valence-electron chi connectivity index (χ4n) is 9.59. The van der Waals surface area contributed by atoms with E-state index in [1.807, 2.05) is 0 Å². The van der Waals surface area contributed by atoms with Gasteiger partial charge in [-0.25, -0.2) is 0 Å². The first-order chi connectivity index (χ1) is 40.0. The molecule has 1 unspecified atom stereocenters. The molecule has 0 aromatic rings. The molecule has 0 saturated heterocycles. The van der Waals surface area contributed by atoms with Crippen molar-refractivity contribution in [1.29, 1.82) is 0 Å². The van der Waals surface area contributed by atoms with Crippen LogP contribution in [0.2, 0.25) is 0 Å². The third kappa shape index (κ3) is 66.8. The van der Waals surface area contributed by atoms with Gasteiger partial charge in [0.1, 0.15) is 13.2 Å². The largest absolute Gasteiger partial charge is 0.462 e. The van der Waals surface area contributed by atoms with Gasteiger partial charge in [0.25, 0.3) is 0 Å². The number of allylic oxidation sites excluding steroid dienone is 18. The third-order valence-electron chi connectivity index (χ3n) is 14.7. The minimum Gasteiger partial charge on any atom is -0.462 e. The number of hydrogen-bond acceptors (Lipinski definition) is 6. The van der Waals surface area contributed by atoms with E-state index < -0.39 is 6.10 Å². The van der Waals surface area contributed by atoms with Crippen LogP contribution in [0, 0.1) is 0 Å². The summed E-state index contributed by atoms with van der Waals surface area (Å²) in [6, 6.07) is 0. The standard InChI is InChI=1S/C75H128O6/c1-4-7-10-13-16-19-22-25-28-31-34-36-37-39-41-44-47-50-53-56-59-62-65-68-74(77)80-71-72(70-79-73(76)67-64-61-58-55-52-49-46-43-40-33-30-27-24-21-18-15-12-9-6-3)81-75(78)69-66-63-60-57-54-51-48-45-42-38-35-32-29-26-23-20-17-14-11-8-5-2/h8,11,17,20,22,25-27,29-31,34-35,38,45,48,54,57,72H,4-7,9-10,12-16,18-19,21,23-24,28,32-33,36-37,39-44,46-47,49-53,55-56,58-71H2,1-3H3/b11-8-,20-17-,25-22-,29-26-,30-27-,34-31-,38-35-,48-45-,57-54-. The number of rotatable bonds is 62. The molecule has 0 saturated carbocycles. The van der Waals surface area contributed by atoms with Gasteiger partial charge < -0.3 is 14.2 Å². The zero-order valence-corrected chi connectivity index (χ0v) is 53.3. The summed E-state index contributed by atoms with van der Waals surface area (Å²) >= 11 is 0. The predicted octanol–water partition coefficient (Wildman–Crippen LogP) is 23.8. The Bertz CT molecular complexity index is 1620. The average Bonchev–Trinajstić information content (AvgIpc) is 3.47. The van der Waals surface area contributed by atoms with Gasteiger partial charge in [0.05, 0.1) is 0 Å². The molecule has 6 nitrogen and oxygen atoms in total. The molecule has 0 rings (SSSR count). The molecule has 81 heavy (non-hydrogen) atoms. The van der Waals surface area contributed by atoms with Gasteiger partial charge in [0.2, 0.25) is 0 Å². The van der Waals surface area contributed by atoms with Crippen molar-refractivity contribution in [2.45, 2.75) is 335 Å². The summed E-state index contributed by atoms with van der Waals surface area (Å²) in [4.78, 5) is 38.4. The molecular formula is C75H128O6. The molecule has 0 aliphatic carbocycles. The molecule has 0 aromatic heterocycles. The second kappa shape index (κ2) is 68.6. The van der Waals surface area contributed by atoms with Gasteiger partial charge in [-0.15, -0.1) is 0 Å². The molecule has 464 valence electrons. The molecule has 6 heteroatoms. The topological polar surface area (TPSA) is 78.9 Å². The fourth-order valence-corrected chi connectivity index (χ4v) is 9.59. The van der Waals surface area contributed by atoms with Crippen LogP contribution in [0.4, 0.5) is 0 Å². The molecule has 0 bridgehead atoms. The molecule has 1 atom stereocenters. The van der Waals surface area contributed by atoms with E-state index in [0.717, 1.165) is 96.3 Å². The van der Waals surface area contributed by atoms with Crippen molar-refractivity contribution < 1.29 is 28.6 Å². The average molecular weight is 1130 g/mol. The maximum Gasteiger partial charge on any atom is 0.306 e. The van der Waals surface area contributed by atoms with Crippen molar-refractivity contribution in [3.05, 3.63) is 109 Å². The smallest absolute Gasteiger partial charge is 0.306 e. The molecule has 0 spiro atoms. The van der Waals surface area contributed by atoms with E-state index >= 15 is 0 Å². The van der Waals surface area contributed by atoms with E-state index in [2.05, 4.69) is 130 Å². The minimum absolute atomic E-state index is 0.0971. The second-order valence-corrected chi connectivity index (χ2v) is 22.7. The molecule has 0 amide bonds. The van der Waals surface area contributed by atoms with E-state index in [4.69, 9.17) is 14.2 Å². The Hall–Kier alpha value is -3.93. The van der Waals surface area contributed by atoms with Gasteiger partial charge in [-0.05, 0) is 128 Å². The molecule has 0 heterocycles. The Morgan fingerprint density at radius 2 is 0.481 bits per heavy atom. The summed E-state index contributed by atoms with van der Waals surface area (Å²) in [6.07, 6.45) is 93.9. The van der Waals surface area contributed by atoms with Crippen LogP contribution in [0.25, 0.3) is 0 Å². The lowest BCUT2D eigenvalue weighted by molar-refractivity contribution is -0.167. The lowest BCUT2D eigenvalue weighted by Crippen LogP contribution is -2.30. The zero-order valence-electron chi connectivity index (χ0n) is 53.3. The highest BCUT2D eigenvalue weighted by molar-refractivity contribution is 5.71. The third-order valence-corrected chi connectivity index (χ3v) is 14.7. The van der Waals surface area contributed by atoms with Crippen LogP contribution >= 0.6 is 0 Å². The Kier molecular flexibility index (Phi) is 65.2. The van der Waals surface area contributed by atoms with Gasteiger partial charge in [-0.1, -0.05) is 291 Å². The number of carbonyl (C=O) groups is 3. The van der Waals surface area contributed by atoms with Crippen LogP contribution in [-0.2, 0) is 28.6 Å². The van der Waals surface area contributed by atoms with E-state index in [9.17, 15) is 14.4 Å². The van der Waals surface area contributed by atoms with E-state index in [1.165, 1.54) is 186 Å². The van der Waals surface area contributed by atoms with Crippen LogP contribution in [0.15, 0.2) is 109 Å². The van der Waals surface area contributed by atoms with Crippen LogP contribution in [0.5, 0.6) is 0 Å². The molecular weight excluding hydrogens is 997 g/mol. The van der Waals surface area contributed by atoms with Gasteiger partial charge >= 0.3 is 17.9 Å². The Labute approximate surface area is 501 Å². The first kappa shape index (κ1) is 77.1. The van der Waals surface area contributed by atoms with Gasteiger partial charge in [-0.3, -0.25) is 14.4 Å². The van der Waals surface area contributed by atoms with Crippen molar-refractivity contribution >= 4 is 17.9 Å². The van der Waals surface area contributed by atoms with Crippen molar-refractivity contribution in [3.63, 3.8) is 0 Å². The zero-order chi connectivity index (χ0) is 58.5. The summed E-state index contributed by atoms with van der Waals surface area (Å²) in [5.74, 6) is -0.933. The number of unbranched alkanes of at least 4 members (excludes halogenated alkanes) is 33. The number of ether oxygens (including phenoxy) is 3. The Morgan fingerprint density at radius 1 is 0.259 bits per heavy atom. The maximum atomic E-state index is 12.9. The number of hydrogen-bond donors (Lipinski definition) is 0. The minimum atomic E-state index is -0.807. The highest BCUT2D eigenvalue weighted by atomic mass is 16.6. The first-order valence-electron chi connectivity index (χ1n) is 34.4. The van der Waals surface area contributed by atoms with Crippen molar-refractivity contribution in [3.8, 4) is 0 Å². The van der Waals surface area contributed by atoms with Crippen LogP contribution in [0.1, 0.15) is 329 Å². The first-order valence-corrected chi connectivity index (χ1v) is 34.4. The molecule has 0 aliphatic rings. The Balaban J connectivity index is 4.45. The maximum absolute atomic E-state index is 12.9. The normalized spacial score (nSPS) is 12.8. The fraction of sp³-hybridized carbons (Fsp3) is 0.720. The van der Waals surface area contributed by atoms with Crippen molar-refractivity contribution in [2.24, 2.45) is 0 Å². The van der Waals surface area contributed by atoms with Gasteiger partial charge in [-0.2, -0.15) is 0 Å². The molecule has 0 aliphatic heterocycles. The van der Waals surface area contributed by atoms with Crippen molar-refractivity contribution in [2.75, 3.05) is 13.2 Å². The lowest BCUT2D eigenvalue weighted by atomic mass is 10.0. The van der Waals surface area contributed by atoms with E-state index in [1.54, 1.807) is 0 Å². The summed E-state index contributed by atoms with van der Waals surface area (Å²) in [5.41, 5.74) is 0. The van der Waals surface area contributed by atoms with Crippen LogP contribution < -0.4 is 0 Å². The molecule has 0 aromatic carbocycles. The highest BCUT2D eigenvalue weighted by Gasteiger charge is 2.19. The molecule has 0 fully saturated rings. The quantitative estimate of drug-likeness (QED) is 0.0261. The Morgan fingerprint density at radius 3 is 0.790 bits per heavy atom. The van der Waals surface area contributed by atoms with Crippen LogP contribution in [-0.4, -0.2) is 37.2 Å². The lowest BCUT2D eigenvalue weighted by Gasteiger charge is -2.18. The SMILES string of the molecule is CC/C=C\C/C=C\C/C=C\C/C=C\C/C=C\C/C=C\CCCCC(=O)OC(COC(=O)CCCCCCCCCCC/C=C\CCCCCCCC)COC(=O)CCCCCCCCCCCCC/C=C\C/C=C\CCCCCCC. The summed E-state index contributed by atoms with van der Waals surface area (Å²) in [5, 5.41) is 0. The molecule has 0 N–H and O–H groups in total. The number of carbonyl (C=O) groups excluding carboxylic acids is 3. The van der Waals surface area contributed by atoms with E-state index in [-0.39, 0.29) is 37.5 Å². The van der Waals surface area contributed by atoms with Gasteiger partial charge in [0, 0.05) is 19.3 Å². The summed E-state index contributed by atoms with van der Waals surface area (Å²) in [7, 11) is 0. The number of esters is 3.